The van der Waals surface area contributed by atoms with Crippen LogP contribution in [0.5, 0.6) is 0 Å². The predicted molar refractivity (Wildman–Crippen MR) is 99.1 cm³/mol. The van der Waals surface area contributed by atoms with E-state index in [1.807, 2.05) is 37.6 Å². The number of nitrogens with zero attached hydrogens (tertiary/aromatic N) is 2. The Hall–Kier alpha value is -1.49. The summed E-state index contributed by atoms with van der Waals surface area (Å²) >= 11 is 1.82. The molecule has 24 heavy (non-hydrogen) atoms. The number of hydrogen-bond donors (Lipinski definition) is 0. The number of benzene rings is 1. The lowest BCUT2D eigenvalue weighted by Gasteiger charge is -2.23. The maximum Gasteiger partial charge on any atom is 0.227 e. The fraction of sp³-hybridized carbons (Fsp3) is 0.579. The molecule has 0 spiro atoms. The van der Waals surface area contributed by atoms with Crippen LogP contribution in [0.25, 0.3) is 0 Å². The van der Waals surface area contributed by atoms with Crippen LogP contribution >= 0.6 is 11.8 Å². The fourth-order valence-electron chi connectivity index (χ4n) is 2.94. The summed E-state index contributed by atoms with van der Waals surface area (Å²) in [7, 11) is 1.85. The van der Waals surface area contributed by atoms with Crippen LogP contribution in [0, 0.1) is 12.8 Å². The first kappa shape index (κ1) is 18.8. The second kappa shape index (κ2) is 8.56. The van der Waals surface area contributed by atoms with E-state index >= 15 is 0 Å². The van der Waals surface area contributed by atoms with Gasteiger partial charge in [-0.25, -0.2) is 0 Å². The molecule has 1 saturated heterocycles. The van der Waals surface area contributed by atoms with Gasteiger partial charge < -0.3 is 9.80 Å². The van der Waals surface area contributed by atoms with Gasteiger partial charge in [0.15, 0.2) is 0 Å². The van der Waals surface area contributed by atoms with Gasteiger partial charge in [-0.3, -0.25) is 9.59 Å². The number of aryl methyl sites for hydroxylation is 1. The number of hydrogen-bond acceptors (Lipinski definition) is 3. The van der Waals surface area contributed by atoms with Gasteiger partial charge >= 0.3 is 0 Å². The number of rotatable bonds is 7. The molecule has 1 heterocycles. The average Bonchev–Trinajstić information content (AvgIpc) is 2.94. The van der Waals surface area contributed by atoms with E-state index in [1.54, 1.807) is 4.90 Å². The summed E-state index contributed by atoms with van der Waals surface area (Å²) < 4.78 is 0. The van der Waals surface area contributed by atoms with Gasteiger partial charge in [0.1, 0.15) is 0 Å². The summed E-state index contributed by atoms with van der Waals surface area (Å²) in [4.78, 5) is 29.3. The van der Waals surface area contributed by atoms with Crippen LogP contribution in [0.3, 0.4) is 0 Å². The van der Waals surface area contributed by atoms with Crippen LogP contribution in [-0.4, -0.2) is 53.5 Å². The topological polar surface area (TPSA) is 40.6 Å². The summed E-state index contributed by atoms with van der Waals surface area (Å²) in [6, 6.07) is 8.69. The molecule has 1 unspecified atom stereocenters. The zero-order chi connectivity index (χ0) is 17.7. The van der Waals surface area contributed by atoms with Crippen molar-refractivity contribution >= 4 is 23.6 Å². The minimum Gasteiger partial charge on any atom is -0.345 e. The van der Waals surface area contributed by atoms with Crippen molar-refractivity contribution in [3.8, 4) is 0 Å². The van der Waals surface area contributed by atoms with Gasteiger partial charge in [-0.1, -0.05) is 17.7 Å². The highest BCUT2D eigenvalue weighted by molar-refractivity contribution is 7.99. The van der Waals surface area contributed by atoms with Crippen LogP contribution in [0.2, 0.25) is 0 Å². The molecule has 0 aliphatic carbocycles. The largest absolute Gasteiger partial charge is 0.345 e. The van der Waals surface area contributed by atoms with E-state index in [9.17, 15) is 9.59 Å². The monoisotopic (exact) mass is 348 g/mol. The lowest BCUT2D eigenvalue weighted by atomic mass is 10.1. The van der Waals surface area contributed by atoms with Crippen LogP contribution < -0.4 is 0 Å². The highest BCUT2D eigenvalue weighted by Gasteiger charge is 2.36. The fourth-order valence-corrected chi connectivity index (χ4v) is 3.78. The van der Waals surface area contributed by atoms with Gasteiger partial charge in [0.2, 0.25) is 11.8 Å². The van der Waals surface area contributed by atoms with E-state index in [-0.39, 0.29) is 23.8 Å². The van der Waals surface area contributed by atoms with Gasteiger partial charge in [0, 0.05) is 37.5 Å². The molecule has 0 bridgehead atoms. The maximum atomic E-state index is 12.5. The lowest BCUT2D eigenvalue weighted by Crippen LogP contribution is -2.37. The minimum atomic E-state index is -0.172. The molecule has 2 rings (SSSR count). The Bertz CT molecular complexity index is 571. The van der Waals surface area contributed by atoms with Crippen LogP contribution in [0.4, 0.5) is 0 Å². The molecule has 1 atom stereocenters. The third-order valence-electron chi connectivity index (χ3n) is 4.43. The Balaban J connectivity index is 1.72. The first-order valence-electron chi connectivity index (χ1n) is 8.62. The standard InChI is InChI=1S/C19H28N2O2S/c1-14(2)21-13-16(12-18(21)22)19(23)20(4)10-5-11-24-17-8-6-15(3)7-9-17/h6-9,14,16H,5,10-13H2,1-4H3. The predicted octanol–water partition coefficient (Wildman–Crippen LogP) is 3.19. The molecular formula is C19H28N2O2S. The van der Waals surface area contributed by atoms with Crippen LogP contribution in [0.15, 0.2) is 29.2 Å². The Morgan fingerprint density at radius 2 is 2.00 bits per heavy atom. The van der Waals surface area contributed by atoms with E-state index in [0.29, 0.717) is 13.0 Å². The van der Waals surface area contributed by atoms with E-state index in [4.69, 9.17) is 0 Å². The third kappa shape index (κ3) is 5.00. The van der Waals surface area contributed by atoms with Gasteiger partial charge in [0.05, 0.1) is 5.92 Å². The molecule has 1 aromatic carbocycles. The van der Waals surface area contributed by atoms with E-state index in [1.165, 1.54) is 10.5 Å². The van der Waals surface area contributed by atoms with Crippen molar-refractivity contribution in [2.45, 2.75) is 44.6 Å². The summed E-state index contributed by atoms with van der Waals surface area (Å²) in [6.07, 6.45) is 1.31. The lowest BCUT2D eigenvalue weighted by molar-refractivity contribution is -0.134. The molecule has 5 heteroatoms. The van der Waals surface area contributed by atoms with Crippen molar-refractivity contribution in [3.63, 3.8) is 0 Å². The maximum absolute atomic E-state index is 12.5. The van der Waals surface area contributed by atoms with Gasteiger partial charge in [-0.2, -0.15) is 0 Å². The van der Waals surface area contributed by atoms with E-state index < -0.39 is 0 Å². The Kier molecular flexibility index (Phi) is 6.72. The highest BCUT2D eigenvalue weighted by atomic mass is 32.2. The van der Waals surface area contributed by atoms with Crippen molar-refractivity contribution in [3.05, 3.63) is 29.8 Å². The van der Waals surface area contributed by atoms with Crippen molar-refractivity contribution < 1.29 is 9.59 Å². The molecule has 1 fully saturated rings. The smallest absolute Gasteiger partial charge is 0.227 e. The van der Waals surface area contributed by atoms with Crippen molar-refractivity contribution in [2.24, 2.45) is 5.92 Å². The van der Waals surface area contributed by atoms with Gasteiger partial charge in [-0.15, -0.1) is 11.8 Å². The second-order valence-corrected chi connectivity index (χ2v) is 7.98. The van der Waals surface area contributed by atoms with Crippen LogP contribution in [0.1, 0.15) is 32.3 Å². The number of likely N-dealkylation sites (tertiary alicyclic amines) is 1. The van der Waals surface area contributed by atoms with Crippen molar-refractivity contribution in [1.82, 2.24) is 9.80 Å². The number of carbonyl (C=O) groups excluding carboxylic acids is 2. The molecule has 0 radical (unpaired) electrons. The number of carbonyl (C=O) groups is 2. The molecule has 1 aromatic rings. The molecule has 0 N–H and O–H groups in total. The summed E-state index contributed by atoms with van der Waals surface area (Å²) in [5, 5.41) is 0. The summed E-state index contributed by atoms with van der Waals surface area (Å²) in [6.45, 7) is 7.39. The Labute approximate surface area is 149 Å². The van der Waals surface area contributed by atoms with Crippen molar-refractivity contribution in [2.75, 3.05) is 25.9 Å². The first-order chi connectivity index (χ1) is 11.4. The Morgan fingerprint density at radius 3 is 2.58 bits per heavy atom. The summed E-state index contributed by atoms with van der Waals surface area (Å²) in [5.41, 5.74) is 1.27. The SMILES string of the molecule is Cc1ccc(SCCCN(C)C(=O)C2CC(=O)N(C(C)C)C2)cc1. The molecular weight excluding hydrogens is 320 g/mol. The molecule has 0 saturated carbocycles. The first-order valence-corrected chi connectivity index (χ1v) is 9.61. The highest BCUT2D eigenvalue weighted by Crippen LogP contribution is 2.22. The van der Waals surface area contributed by atoms with Crippen LogP contribution in [-0.2, 0) is 9.59 Å². The minimum absolute atomic E-state index is 0.103. The molecule has 1 aliphatic heterocycles. The molecule has 132 valence electrons. The quantitative estimate of drug-likeness (QED) is 0.561. The van der Waals surface area contributed by atoms with Crippen molar-refractivity contribution in [1.29, 1.82) is 0 Å². The average molecular weight is 349 g/mol. The van der Waals surface area contributed by atoms with Gasteiger partial charge in [-0.05, 0) is 45.1 Å². The molecule has 1 aliphatic rings. The van der Waals surface area contributed by atoms with E-state index in [0.717, 1.165) is 18.7 Å². The zero-order valence-corrected chi connectivity index (χ0v) is 15.9. The molecule has 0 aromatic heterocycles. The number of thioether (sulfide) groups is 1. The normalized spacial score (nSPS) is 17.6. The molecule has 4 nitrogen and oxygen atoms in total. The van der Waals surface area contributed by atoms with Gasteiger partial charge in [0.25, 0.3) is 0 Å². The summed E-state index contributed by atoms with van der Waals surface area (Å²) in [5.74, 6) is 1.02. The third-order valence-corrected chi connectivity index (χ3v) is 5.53. The second-order valence-electron chi connectivity index (χ2n) is 6.82. The molecule has 2 amide bonds. The Morgan fingerprint density at radius 1 is 1.33 bits per heavy atom. The number of amides is 2. The zero-order valence-electron chi connectivity index (χ0n) is 15.1. The van der Waals surface area contributed by atoms with E-state index in [2.05, 4.69) is 31.2 Å².